The number of rotatable bonds is 4. The monoisotopic (exact) mass is 347 g/mol. The highest BCUT2D eigenvalue weighted by molar-refractivity contribution is 6.08. The maximum atomic E-state index is 14.6. The van der Waals surface area contributed by atoms with Crippen LogP contribution < -0.4 is 4.90 Å². The van der Waals surface area contributed by atoms with E-state index in [-0.39, 0.29) is 11.3 Å². The number of halogens is 2. The van der Waals surface area contributed by atoms with Crippen molar-refractivity contribution >= 4 is 11.6 Å². The maximum Gasteiger partial charge on any atom is 0.237 e. The smallest absolute Gasteiger partial charge is 0.237 e. The number of hydrogen-bond donors (Lipinski definition) is 2. The van der Waals surface area contributed by atoms with E-state index in [9.17, 15) is 23.8 Å². The van der Waals surface area contributed by atoms with E-state index in [1.54, 1.807) is 19.9 Å². The molecule has 132 valence electrons. The van der Waals surface area contributed by atoms with Crippen molar-refractivity contribution in [3.8, 4) is 0 Å². The second-order valence-electron chi connectivity index (χ2n) is 6.69. The molecule has 0 radical (unpaired) electrons. The molecule has 25 heavy (non-hydrogen) atoms. The van der Waals surface area contributed by atoms with Gasteiger partial charge in [-0.15, -0.1) is 0 Å². The summed E-state index contributed by atoms with van der Waals surface area (Å²) in [7, 11) is 0. The number of para-hydroxylation sites is 1. The first-order valence-corrected chi connectivity index (χ1v) is 7.96. The van der Waals surface area contributed by atoms with Gasteiger partial charge in [0.1, 0.15) is 17.7 Å². The van der Waals surface area contributed by atoms with Crippen LogP contribution in [0.4, 0.5) is 14.5 Å². The Kier molecular flexibility index (Phi) is 4.34. The van der Waals surface area contributed by atoms with Crippen molar-refractivity contribution in [3.63, 3.8) is 0 Å². The van der Waals surface area contributed by atoms with E-state index in [1.165, 1.54) is 36.4 Å². The number of anilines is 1. The number of carbonyl (C=O) groups is 1. The van der Waals surface area contributed by atoms with Gasteiger partial charge in [0.15, 0.2) is 0 Å². The Labute approximate surface area is 144 Å². The van der Waals surface area contributed by atoms with Crippen LogP contribution in [0, 0.1) is 11.6 Å². The van der Waals surface area contributed by atoms with E-state index in [4.69, 9.17) is 0 Å². The molecule has 0 saturated heterocycles. The quantitative estimate of drug-likeness (QED) is 0.894. The van der Waals surface area contributed by atoms with E-state index < -0.39 is 41.7 Å². The average Bonchev–Trinajstić information content (AvgIpc) is 2.77. The third-order valence-corrected chi connectivity index (χ3v) is 4.67. The number of nitrogens with zero attached hydrogens (tertiary/aromatic N) is 1. The fourth-order valence-corrected chi connectivity index (χ4v) is 3.38. The minimum Gasteiger partial charge on any atom is -0.394 e. The van der Waals surface area contributed by atoms with Gasteiger partial charge in [-0.2, -0.15) is 0 Å². The fourth-order valence-electron chi connectivity index (χ4n) is 3.38. The van der Waals surface area contributed by atoms with Crippen LogP contribution in [-0.4, -0.2) is 28.8 Å². The van der Waals surface area contributed by atoms with Gasteiger partial charge >= 0.3 is 0 Å². The van der Waals surface area contributed by atoms with E-state index >= 15 is 0 Å². The summed E-state index contributed by atoms with van der Waals surface area (Å²) in [5, 5.41) is 19.8. The van der Waals surface area contributed by atoms with Gasteiger partial charge in [-0.1, -0.05) is 24.3 Å². The molecule has 2 aromatic rings. The van der Waals surface area contributed by atoms with E-state index in [0.717, 1.165) is 4.90 Å². The summed E-state index contributed by atoms with van der Waals surface area (Å²) in [5.74, 6) is -1.58. The van der Waals surface area contributed by atoms with Crippen molar-refractivity contribution in [1.82, 2.24) is 0 Å². The predicted molar refractivity (Wildman–Crippen MR) is 89.1 cm³/mol. The molecule has 1 aliphatic heterocycles. The van der Waals surface area contributed by atoms with Crippen LogP contribution >= 0.6 is 0 Å². The van der Waals surface area contributed by atoms with Gasteiger partial charge in [-0.05, 0) is 43.2 Å². The molecule has 0 aromatic heterocycles. The molecule has 0 spiro atoms. The molecule has 0 aliphatic carbocycles. The lowest BCUT2D eigenvalue weighted by atomic mass is 9.86. The molecule has 2 aromatic carbocycles. The highest BCUT2D eigenvalue weighted by Gasteiger charge is 2.49. The van der Waals surface area contributed by atoms with Crippen LogP contribution in [0.25, 0.3) is 0 Å². The van der Waals surface area contributed by atoms with Gasteiger partial charge in [-0.25, -0.2) is 8.78 Å². The third-order valence-electron chi connectivity index (χ3n) is 4.67. The molecule has 0 unspecified atom stereocenters. The minimum atomic E-state index is -1.40. The van der Waals surface area contributed by atoms with E-state index in [0.29, 0.717) is 5.56 Å². The molecular formula is C19H19F2NO3. The van der Waals surface area contributed by atoms with Crippen LogP contribution in [0.5, 0.6) is 0 Å². The minimum absolute atomic E-state index is 0.0549. The van der Waals surface area contributed by atoms with Crippen molar-refractivity contribution in [3.05, 3.63) is 65.2 Å². The molecule has 1 amide bonds. The van der Waals surface area contributed by atoms with Crippen molar-refractivity contribution in [2.75, 3.05) is 11.5 Å². The molecule has 0 saturated carbocycles. The summed E-state index contributed by atoms with van der Waals surface area (Å²) in [4.78, 5) is 14.2. The Bertz CT molecular complexity index is 822. The molecule has 6 heteroatoms. The first-order chi connectivity index (χ1) is 11.8. The number of hydrogen-bond acceptors (Lipinski definition) is 3. The van der Waals surface area contributed by atoms with Gasteiger partial charge in [0.2, 0.25) is 5.91 Å². The second kappa shape index (κ2) is 6.20. The number of aliphatic hydroxyl groups is 2. The average molecular weight is 347 g/mol. The van der Waals surface area contributed by atoms with Crippen molar-refractivity contribution in [2.45, 2.75) is 31.4 Å². The summed E-state index contributed by atoms with van der Waals surface area (Å²) >= 11 is 0. The summed E-state index contributed by atoms with van der Waals surface area (Å²) in [6, 6.07) is 8.68. The number of fused-ring (bicyclic) bond motifs is 1. The topological polar surface area (TPSA) is 60.8 Å². The van der Waals surface area contributed by atoms with E-state index in [1.807, 2.05) is 0 Å². The lowest BCUT2D eigenvalue weighted by Crippen LogP contribution is -2.44. The summed E-state index contributed by atoms with van der Waals surface area (Å²) in [6.07, 6.45) is -1.40. The zero-order chi connectivity index (χ0) is 18.4. The van der Waals surface area contributed by atoms with Crippen LogP contribution in [0.15, 0.2) is 42.5 Å². The standard InChI is InChI=1S/C19H19F2NO3/c1-19(2)13-7-4-8-14(21)17(13)22(18(19)25)16(15(24)10-23)11-5-3-6-12(20)9-11/h3-9,15-16,23-24H,10H2,1-2H3/t15-,16+/m1/s1. The summed E-state index contributed by atoms with van der Waals surface area (Å²) in [5.41, 5.74) is -0.178. The van der Waals surface area contributed by atoms with Crippen molar-refractivity contribution in [2.24, 2.45) is 0 Å². The zero-order valence-corrected chi connectivity index (χ0v) is 13.9. The number of amides is 1. The fraction of sp³-hybridized carbons (Fsp3) is 0.316. The molecule has 0 fully saturated rings. The second-order valence-corrected chi connectivity index (χ2v) is 6.69. The van der Waals surface area contributed by atoms with Gasteiger partial charge in [-0.3, -0.25) is 9.69 Å². The van der Waals surface area contributed by atoms with Crippen LogP contribution in [0.3, 0.4) is 0 Å². The van der Waals surface area contributed by atoms with Crippen molar-refractivity contribution in [1.29, 1.82) is 0 Å². The van der Waals surface area contributed by atoms with Crippen LogP contribution in [0.1, 0.15) is 31.0 Å². The summed E-state index contributed by atoms with van der Waals surface area (Å²) in [6.45, 7) is 2.68. The van der Waals surface area contributed by atoms with Gasteiger partial charge < -0.3 is 10.2 Å². The molecule has 4 nitrogen and oxygen atoms in total. The Morgan fingerprint density at radius 2 is 1.84 bits per heavy atom. The maximum absolute atomic E-state index is 14.6. The van der Waals surface area contributed by atoms with Crippen LogP contribution in [0.2, 0.25) is 0 Å². The molecule has 1 aliphatic rings. The van der Waals surface area contributed by atoms with Crippen LogP contribution in [-0.2, 0) is 10.2 Å². The predicted octanol–water partition coefficient (Wildman–Crippen LogP) is 2.68. The highest BCUT2D eigenvalue weighted by atomic mass is 19.1. The lowest BCUT2D eigenvalue weighted by Gasteiger charge is -2.33. The Morgan fingerprint density at radius 3 is 2.48 bits per heavy atom. The molecule has 2 atom stereocenters. The van der Waals surface area contributed by atoms with Gasteiger partial charge in [0, 0.05) is 0 Å². The molecule has 2 N–H and O–H groups in total. The lowest BCUT2D eigenvalue weighted by molar-refractivity contribution is -0.123. The Balaban J connectivity index is 2.22. The first kappa shape index (κ1) is 17.5. The summed E-state index contributed by atoms with van der Waals surface area (Å²) < 4.78 is 28.3. The molecule has 1 heterocycles. The normalized spacial score (nSPS) is 18.2. The largest absolute Gasteiger partial charge is 0.394 e. The van der Waals surface area contributed by atoms with Gasteiger partial charge in [0.05, 0.1) is 23.8 Å². The number of benzene rings is 2. The SMILES string of the molecule is CC1(C)C(=O)N([C@@H](c2cccc(F)c2)[C@H](O)CO)c2c(F)cccc21. The highest BCUT2D eigenvalue weighted by Crippen LogP contribution is 2.47. The third kappa shape index (κ3) is 2.71. The van der Waals surface area contributed by atoms with E-state index in [2.05, 4.69) is 0 Å². The number of carbonyl (C=O) groups excluding carboxylic acids is 1. The van der Waals surface area contributed by atoms with Gasteiger partial charge in [0.25, 0.3) is 0 Å². The molecular weight excluding hydrogens is 328 g/mol. The van der Waals surface area contributed by atoms with Crippen molar-refractivity contribution < 1.29 is 23.8 Å². The first-order valence-electron chi connectivity index (χ1n) is 7.96. The Morgan fingerprint density at radius 1 is 1.16 bits per heavy atom. The Hall–Kier alpha value is -2.31. The molecule has 3 rings (SSSR count). The zero-order valence-electron chi connectivity index (χ0n) is 13.9. The molecule has 0 bridgehead atoms. The number of aliphatic hydroxyl groups excluding tert-OH is 2.